The molecule has 0 unspecified atom stereocenters. The van der Waals surface area contributed by atoms with Gasteiger partial charge in [0.25, 0.3) is 0 Å². The number of amides is 2. The molecule has 0 aliphatic carbocycles. The summed E-state index contributed by atoms with van der Waals surface area (Å²) in [6.07, 6.45) is 2.18. The van der Waals surface area contributed by atoms with Crippen LogP contribution in [0.4, 0.5) is 5.69 Å². The molecule has 8 nitrogen and oxygen atoms in total. The highest BCUT2D eigenvalue weighted by atomic mass is 32.2. The van der Waals surface area contributed by atoms with Gasteiger partial charge < -0.3 is 15.0 Å². The summed E-state index contributed by atoms with van der Waals surface area (Å²) in [5.41, 5.74) is 2.19. The molecule has 0 bridgehead atoms. The number of aryl methyl sites for hydroxylation is 1. The Kier molecular flexibility index (Phi) is 10.1. The number of sulfonamides is 1. The van der Waals surface area contributed by atoms with Gasteiger partial charge in [-0.05, 0) is 44.4 Å². The molecule has 9 heteroatoms. The van der Waals surface area contributed by atoms with Gasteiger partial charge in [-0.15, -0.1) is 0 Å². The number of carbonyl (C=O) groups is 2. The Balaban J connectivity index is 2.46. The first kappa shape index (κ1) is 28.2. The standard InChI is InChI=1S/C26H37N3O5S/c1-7-20(4)27-26(31)22(8-2)28(17-21-15-13-19(3)14-16-21)25(30)18-29(35(6,32)33)23-11-9-10-12-24(23)34-5/h9-16,20,22H,7-8,17-18H2,1-6H3,(H,27,31)/t20-,22+/m1/s1. The largest absolute Gasteiger partial charge is 0.495 e. The van der Waals surface area contributed by atoms with Crippen LogP contribution in [0.3, 0.4) is 0 Å². The quantitative estimate of drug-likeness (QED) is 0.478. The number of methoxy groups -OCH3 is 1. The molecule has 0 radical (unpaired) electrons. The van der Waals surface area contributed by atoms with Gasteiger partial charge >= 0.3 is 0 Å². The number of rotatable bonds is 12. The van der Waals surface area contributed by atoms with Gasteiger partial charge in [-0.1, -0.05) is 55.8 Å². The van der Waals surface area contributed by atoms with E-state index in [0.29, 0.717) is 12.2 Å². The average Bonchev–Trinajstić information content (AvgIpc) is 2.82. The number of nitrogens with zero attached hydrogens (tertiary/aromatic N) is 2. The maximum absolute atomic E-state index is 13.7. The van der Waals surface area contributed by atoms with Crippen LogP contribution in [0.1, 0.15) is 44.7 Å². The van der Waals surface area contributed by atoms with Crippen molar-refractivity contribution in [1.82, 2.24) is 10.2 Å². The number of benzene rings is 2. The average molecular weight is 504 g/mol. The first-order valence-electron chi connectivity index (χ1n) is 11.8. The number of anilines is 1. The van der Waals surface area contributed by atoms with E-state index in [1.54, 1.807) is 24.3 Å². The van der Waals surface area contributed by atoms with Crippen LogP contribution < -0.4 is 14.4 Å². The number of hydrogen-bond donors (Lipinski definition) is 1. The van der Waals surface area contributed by atoms with Crippen LogP contribution in [0.25, 0.3) is 0 Å². The lowest BCUT2D eigenvalue weighted by Crippen LogP contribution is -2.53. The molecular formula is C26H37N3O5S. The molecule has 35 heavy (non-hydrogen) atoms. The van der Waals surface area contributed by atoms with Crippen LogP contribution in [-0.4, -0.2) is 57.1 Å². The van der Waals surface area contributed by atoms with Gasteiger partial charge in [0.05, 0.1) is 19.1 Å². The van der Waals surface area contributed by atoms with Gasteiger partial charge in [0.2, 0.25) is 21.8 Å². The maximum Gasteiger partial charge on any atom is 0.244 e. The molecule has 0 spiro atoms. The van der Waals surface area contributed by atoms with Crippen LogP contribution in [0.15, 0.2) is 48.5 Å². The van der Waals surface area contributed by atoms with Crippen LogP contribution in [0, 0.1) is 6.92 Å². The zero-order valence-corrected chi connectivity index (χ0v) is 22.3. The van der Waals surface area contributed by atoms with Gasteiger partial charge in [-0.2, -0.15) is 0 Å². The summed E-state index contributed by atoms with van der Waals surface area (Å²) >= 11 is 0. The molecule has 2 amide bonds. The third kappa shape index (κ3) is 7.71. The number of para-hydroxylation sites is 2. The lowest BCUT2D eigenvalue weighted by Gasteiger charge is -2.33. The second-order valence-electron chi connectivity index (χ2n) is 8.69. The van der Waals surface area contributed by atoms with Crippen molar-refractivity contribution in [2.75, 3.05) is 24.2 Å². The Morgan fingerprint density at radius 2 is 1.66 bits per heavy atom. The summed E-state index contributed by atoms with van der Waals surface area (Å²) in [7, 11) is -2.39. The van der Waals surface area contributed by atoms with Gasteiger partial charge in [-0.3, -0.25) is 13.9 Å². The van der Waals surface area contributed by atoms with Crippen molar-refractivity contribution in [2.45, 2.75) is 59.2 Å². The predicted octanol–water partition coefficient (Wildman–Crippen LogP) is 3.49. The zero-order valence-electron chi connectivity index (χ0n) is 21.4. The highest BCUT2D eigenvalue weighted by Crippen LogP contribution is 2.29. The molecule has 0 fully saturated rings. The minimum Gasteiger partial charge on any atom is -0.495 e. The van der Waals surface area contributed by atoms with E-state index in [9.17, 15) is 18.0 Å². The van der Waals surface area contributed by atoms with Crippen LogP contribution in [0.2, 0.25) is 0 Å². The Labute approximate surface area is 209 Å². The second kappa shape index (κ2) is 12.6. The second-order valence-corrected chi connectivity index (χ2v) is 10.6. The summed E-state index contributed by atoms with van der Waals surface area (Å²) in [5, 5.41) is 2.96. The molecule has 192 valence electrons. The molecule has 2 atom stereocenters. The van der Waals surface area contributed by atoms with Crippen molar-refractivity contribution in [3.63, 3.8) is 0 Å². The molecule has 0 saturated carbocycles. The molecule has 0 aliphatic heterocycles. The van der Waals surface area contributed by atoms with Gasteiger partial charge in [-0.25, -0.2) is 8.42 Å². The molecule has 0 saturated heterocycles. The summed E-state index contributed by atoms with van der Waals surface area (Å²) in [4.78, 5) is 28.3. The monoisotopic (exact) mass is 503 g/mol. The summed E-state index contributed by atoms with van der Waals surface area (Å²) in [5.74, 6) is -0.407. The van der Waals surface area contributed by atoms with Crippen molar-refractivity contribution in [2.24, 2.45) is 0 Å². The zero-order chi connectivity index (χ0) is 26.2. The Morgan fingerprint density at radius 1 is 1.03 bits per heavy atom. The normalized spacial score (nSPS) is 13.0. The van der Waals surface area contributed by atoms with E-state index >= 15 is 0 Å². The van der Waals surface area contributed by atoms with E-state index in [-0.39, 0.29) is 24.2 Å². The smallest absolute Gasteiger partial charge is 0.244 e. The van der Waals surface area contributed by atoms with Crippen molar-refractivity contribution in [3.05, 3.63) is 59.7 Å². The van der Waals surface area contributed by atoms with Gasteiger partial charge in [0.15, 0.2) is 0 Å². The summed E-state index contributed by atoms with van der Waals surface area (Å²) in [6, 6.07) is 13.5. The lowest BCUT2D eigenvalue weighted by molar-refractivity contribution is -0.140. The van der Waals surface area contributed by atoms with Crippen LogP contribution in [0.5, 0.6) is 5.75 Å². The van der Waals surface area contributed by atoms with Crippen molar-refractivity contribution >= 4 is 27.5 Å². The first-order valence-corrected chi connectivity index (χ1v) is 13.6. The Morgan fingerprint density at radius 3 is 2.20 bits per heavy atom. The van der Waals surface area contributed by atoms with E-state index in [0.717, 1.165) is 28.1 Å². The number of nitrogens with one attached hydrogen (secondary N) is 1. The van der Waals surface area contributed by atoms with E-state index in [1.807, 2.05) is 52.0 Å². The van der Waals surface area contributed by atoms with Crippen molar-refractivity contribution < 1.29 is 22.7 Å². The Bertz CT molecular complexity index is 1100. The molecule has 0 heterocycles. The third-order valence-electron chi connectivity index (χ3n) is 5.89. The SMILES string of the molecule is CC[C@@H](C)NC(=O)[C@H](CC)N(Cc1ccc(C)cc1)C(=O)CN(c1ccccc1OC)S(C)(=O)=O. The number of hydrogen-bond acceptors (Lipinski definition) is 5. The summed E-state index contributed by atoms with van der Waals surface area (Å²) in [6.45, 7) is 7.40. The number of carbonyl (C=O) groups excluding carboxylic acids is 2. The molecule has 0 aliphatic rings. The molecular weight excluding hydrogens is 466 g/mol. The third-order valence-corrected chi connectivity index (χ3v) is 7.02. The lowest BCUT2D eigenvalue weighted by atomic mass is 10.1. The Hall–Kier alpha value is -3.07. The van der Waals surface area contributed by atoms with E-state index < -0.39 is 28.5 Å². The minimum absolute atomic E-state index is 0.0472. The fourth-order valence-corrected chi connectivity index (χ4v) is 4.53. The van der Waals surface area contributed by atoms with Crippen molar-refractivity contribution in [1.29, 1.82) is 0 Å². The molecule has 0 aromatic heterocycles. The summed E-state index contributed by atoms with van der Waals surface area (Å²) < 4.78 is 31.8. The van der Waals surface area contributed by atoms with Crippen LogP contribution >= 0.6 is 0 Å². The predicted molar refractivity (Wildman–Crippen MR) is 139 cm³/mol. The van der Waals surface area contributed by atoms with E-state index in [1.165, 1.54) is 12.0 Å². The molecule has 2 rings (SSSR count). The first-order chi connectivity index (χ1) is 16.5. The van der Waals surface area contributed by atoms with E-state index in [2.05, 4.69) is 5.32 Å². The number of ether oxygens (including phenoxy) is 1. The minimum atomic E-state index is -3.83. The van der Waals surface area contributed by atoms with Crippen molar-refractivity contribution in [3.8, 4) is 5.75 Å². The topological polar surface area (TPSA) is 96.0 Å². The molecule has 1 N–H and O–H groups in total. The fourth-order valence-electron chi connectivity index (χ4n) is 3.68. The van der Waals surface area contributed by atoms with Crippen LogP contribution in [-0.2, 0) is 26.2 Å². The van der Waals surface area contributed by atoms with Gasteiger partial charge in [0.1, 0.15) is 18.3 Å². The van der Waals surface area contributed by atoms with Gasteiger partial charge in [0, 0.05) is 12.6 Å². The molecule has 2 aromatic rings. The highest BCUT2D eigenvalue weighted by molar-refractivity contribution is 7.92. The van der Waals surface area contributed by atoms with E-state index in [4.69, 9.17) is 4.74 Å². The maximum atomic E-state index is 13.7. The molecule has 2 aromatic carbocycles. The highest BCUT2D eigenvalue weighted by Gasteiger charge is 2.32. The fraction of sp³-hybridized carbons (Fsp3) is 0.462.